The molecule has 1 aromatic carbocycles. The number of benzene rings is 1. The fourth-order valence-corrected chi connectivity index (χ4v) is 2.98. The van der Waals surface area contributed by atoms with Crippen LogP contribution in [-0.2, 0) is 4.79 Å². The van der Waals surface area contributed by atoms with Gasteiger partial charge in [-0.25, -0.2) is 4.79 Å². The summed E-state index contributed by atoms with van der Waals surface area (Å²) in [5.41, 5.74) is 0.552. The van der Waals surface area contributed by atoms with E-state index in [1.165, 1.54) is 0 Å². The topological polar surface area (TPSA) is 50.8 Å². The number of carbonyl (C=O) groups excluding carboxylic acids is 1. The SMILES string of the molecule is CSc1ccc2c(c1)OCC(C(=C=O)N1CCNCC1)O2. The molecule has 1 atom stereocenters. The summed E-state index contributed by atoms with van der Waals surface area (Å²) in [5, 5.41) is 3.27. The molecule has 1 aromatic rings. The minimum Gasteiger partial charge on any atom is -0.485 e. The van der Waals surface area contributed by atoms with Crippen LogP contribution in [0.3, 0.4) is 0 Å². The van der Waals surface area contributed by atoms with Crippen molar-refractivity contribution in [3.05, 3.63) is 23.9 Å². The monoisotopic (exact) mass is 306 g/mol. The molecule has 0 radical (unpaired) electrons. The number of fused-ring (bicyclic) bond motifs is 1. The standard InChI is InChI=1S/C15H18N2O3S/c1-21-11-2-3-13-14(8-11)19-10-15(20-13)12(9-18)17-6-4-16-5-7-17/h2-3,8,15-16H,4-7,10H2,1H3. The van der Waals surface area contributed by atoms with Crippen molar-refractivity contribution < 1.29 is 14.3 Å². The Morgan fingerprint density at radius 2 is 2.19 bits per heavy atom. The Kier molecular flexibility index (Phi) is 4.39. The summed E-state index contributed by atoms with van der Waals surface area (Å²) in [6.45, 7) is 3.67. The van der Waals surface area contributed by atoms with Gasteiger partial charge < -0.3 is 19.7 Å². The highest BCUT2D eigenvalue weighted by Crippen LogP contribution is 2.36. The molecule has 1 unspecified atom stereocenters. The van der Waals surface area contributed by atoms with E-state index < -0.39 is 0 Å². The molecule has 21 heavy (non-hydrogen) atoms. The van der Waals surface area contributed by atoms with Gasteiger partial charge in [0.2, 0.25) is 0 Å². The highest BCUT2D eigenvalue weighted by molar-refractivity contribution is 7.98. The Morgan fingerprint density at radius 1 is 1.38 bits per heavy atom. The van der Waals surface area contributed by atoms with Crippen molar-refractivity contribution >= 4 is 17.7 Å². The number of hydrogen-bond acceptors (Lipinski definition) is 6. The van der Waals surface area contributed by atoms with Crippen molar-refractivity contribution in [1.82, 2.24) is 10.2 Å². The van der Waals surface area contributed by atoms with Gasteiger partial charge in [0.25, 0.3) is 0 Å². The molecule has 3 rings (SSSR count). The fourth-order valence-electron chi connectivity index (χ4n) is 2.55. The highest BCUT2D eigenvalue weighted by atomic mass is 32.2. The first-order valence-corrected chi connectivity index (χ1v) is 8.22. The minimum atomic E-state index is -0.381. The maximum atomic E-state index is 11.4. The van der Waals surface area contributed by atoms with Crippen molar-refractivity contribution in [3.8, 4) is 11.5 Å². The summed E-state index contributed by atoms with van der Waals surface area (Å²) in [6, 6.07) is 5.85. The normalized spacial score (nSPS) is 20.8. The molecule has 5 nitrogen and oxygen atoms in total. The quantitative estimate of drug-likeness (QED) is 0.668. The molecular formula is C15H18N2O3S. The molecule has 1 N–H and O–H groups in total. The van der Waals surface area contributed by atoms with Gasteiger partial charge in [-0.3, -0.25) is 0 Å². The molecule has 2 aliphatic rings. The van der Waals surface area contributed by atoms with Gasteiger partial charge in [0, 0.05) is 31.1 Å². The van der Waals surface area contributed by atoms with Crippen LogP contribution >= 0.6 is 11.8 Å². The van der Waals surface area contributed by atoms with E-state index >= 15 is 0 Å². The summed E-state index contributed by atoms with van der Waals surface area (Å²) in [7, 11) is 0. The molecule has 1 fully saturated rings. The zero-order valence-corrected chi connectivity index (χ0v) is 12.7. The lowest BCUT2D eigenvalue weighted by atomic mass is 10.2. The molecule has 112 valence electrons. The van der Waals surface area contributed by atoms with Crippen LogP contribution in [0.25, 0.3) is 0 Å². The largest absolute Gasteiger partial charge is 0.485 e. The second-order valence-corrected chi connectivity index (χ2v) is 5.83. The molecule has 1 saturated heterocycles. The second kappa shape index (κ2) is 6.43. The number of hydrogen-bond donors (Lipinski definition) is 1. The van der Waals surface area contributed by atoms with Crippen molar-refractivity contribution in [3.63, 3.8) is 0 Å². The maximum Gasteiger partial charge on any atom is 0.183 e. The van der Waals surface area contributed by atoms with Gasteiger partial charge >= 0.3 is 0 Å². The average Bonchev–Trinajstić information content (AvgIpc) is 2.56. The third kappa shape index (κ3) is 3.02. The number of nitrogens with zero attached hydrogens (tertiary/aromatic N) is 1. The van der Waals surface area contributed by atoms with E-state index in [1.54, 1.807) is 11.8 Å². The highest BCUT2D eigenvalue weighted by Gasteiger charge is 2.29. The van der Waals surface area contributed by atoms with E-state index in [0.29, 0.717) is 18.1 Å². The average molecular weight is 306 g/mol. The Bertz CT molecular complexity index is 566. The summed E-state index contributed by atoms with van der Waals surface area (Å²) in [4.78, 5) is 14.5. The van der Waals surface area contributed by atoms with Gasteiger partial charge in [0.05, 0.1) is 0 Å². The van der Waals surface area contributed by atoms with Gasteiger partial charge in [-0.2, -0.15) is 0 Å². The van der Waals surface area contributed by atoms with Crippen LogP contribution in [0, 0.1) is 0 Å². The lowest BCUT2D eigenvalue weighted by Gasteiger charge is -2.35. The number of ether oxygens (including phenoxy) is 2. The van der Waals surface area contributed by atoms with Gasteiger partial charge in [0.1, 0.15) is 18.2 Å². The van der Waals surface area contributed by atoms with E-state index in [0.717, 1.165) is 36.8 Å². The Balaban J connectivity index is 1.76. The summed E-state index contributed by atoms with van der Waals surface area (Å²) >= 11 is 1.66. The molecular weight excluding hydrogens is 288 g/mol. The number of nitrogens with one attached hydrogen (secondary N) is 1. The van der Waals surface area contributed by atoms with Crippen LogP contribution in [0.4, 0.5) is 0 Å². The molecule has 2 heterocycles. The lowest BCUT2D eigenvalue weighted by molar-refractivity contribution is 0.0896. The first-order valence-electron chi connectivity index (χ1n) is 7.00. The van der Waals surface area contributed by atoms with Crippen LogP contribution < -0.4 is 14.8 Å². The first-order chi connectivity index (χ1) is 10.3. The predicted molar refractivity (Wildman–Crippen MR) is 81.8 cm³/mol. The van der Waals surface area contributed by atoms with Crippen LogP contribution in [0.15, 0.2) is 28.8 Å². The molecule has 0 saturated carbocycles. The van der Waals surface area contributed by atoms with Crippen LogP contribution in [0.5, 0.6) is 11.5 Å². The lowest BCUT2D eigenvalue weighted by Crippen LogP contribution is -2.47. The predicted octanol–water partition coefficient (Wildman–Crippen LogP) is 1.17. The third-order valence-electron chi connectivity index (χ3n) is 3.68. The zero-order valence-electron chi connectivity index (χ0n) is 11.9. The van der Waals surface area contributed by atoms with Crippen LogP contribution in [0.1, 0.15) is 0 Å². The van der Waals surface area contributed by atoms with Crippen LogP contribution in [-0.4, -0.2) is 56.0 Å². The zero-order chi connectivity index (χ0) is 14.7. The van der Waals surface area contributed by atoms with E-state index in [4.69, 9.17) is 9.47 Å². The molecule has 0 spiro atoms. The summed E-state index contributed by atoms with van der Waals surface area (Å²) in [6.07, 6.45) is 1.64. The maximum absolute atomic E-state index is 11.4. The van der Waals surface area contributed by atoms with E-state index in [2.05, 4.69) is 11.3 Å². The van der Waals surface area contributed by atoms with E-state index in [1.807, 2.05) is 29.4 Å². The van der Waals surface area contributed by atoms with Gasteiger partial charge in [-0.05, 0) is 24.5 Å². The second-order valence-electron chi connectivity index (χ2n) is 4.95. The molecule has 0 aliphatic carbocycles. The fraction of sp³-hybridized carbons (Fsp3) is 0.467. The number of rotatable bonds is 3. The Morgan fingerprint density at radius 3 is 2.90 bits per heavy atom. The van der Waals surface area contributed by atoms with Gasteiger partial charge in [-0.1, -0.05) is 0 Å². The van der Waals surface area contributed by atoms with E-state index in [9.17, 15) is 4.79 Å². The van der Waals surface area contributed by atoms with E-state index in [-0.39, 0.29) is 6.10 Å². The summed E-state index contributed by atoms with van der Waals surface area (Å²) in [5.74, 6) is 3.48. The van der Waals surface area contributed by atoms with Crippen molar-refractivity contribution in [2.45, 2.75) is 11.0 Å². The molecule has 6 heteroatoms. The van der Waals surface area contributed by atoms with Crippen molar-refractivity contribution in [1.29, 1.82) is 0 Å². The number of piperazine rings is 1. The molecule has 0 amide bonds. The van der Waals surface area contributed by atoms with Gasteiger partial charge in [0.15, 0.2) is 17.6 Å². The number of thioether (sulfide) groups is 1. The Hall–Kier alpha value is -1.62. The first kappa shape index (κ1) is 14.3. The minimum absolute atomic E-state index is 0.347. The molecule has 2 aliphatic heterocycles. The third-order valence-corrected chi connectivity index (χ3v) is 4.40. The summed E-state index contributed by atoms with van der Waals surface area (Å²) < 4.78 is 11.7. The smallest absolute Gasteiger partial charge is 0.183 e. The van der Waals surface area contributed by atoms with Gasteiger partial charge in [-0.15, -0.1) is 11.8 Å². The van der Waals surface area contributed by atoms with Crippen molar-refractivity contribution in [2.75, 3.05) is 39.0 Å². The molecule has 0 aromatic heterocycles. The van der Waals surface area contributed by atoms with Crippen LogP contribution in [0.2, 0.25) is 0 Å². The van der Waals surface area contributed by atoms with Crippen molar-refractivity contribution in [2.24, 2.45) is 0 Å². The molecule has 0 bridgehead atoms. The Labute approximate surface area is 128 Å².